The second-order valence-corrected chi connectivity index (χ2v) is 6.71. The molecule has 2 atom stereocenters. The van der Waals surface area contributed by atoms with Gasteiger partial charge in [-0.3, -0.25) is 15.6 Å². The van der Waals surface area contributed by atoms with Gasteiger partial charge in [0.15, 0.2) is 0 Å². The summed E-state index contributed by atoms with van der Waals surface area (Å²) in [6.07, 6.45) is 2.50. The minimum atomic E-state index is -0.0776. The Labute approximate surface area is 148 Å². The summed E-state index contributed by atoms with van der Waals surface area (Å²) >= 11 is 0. The van der Waals surface area contributed by atoms with E-state index in [0.717, 1.165) is 24.9 Å². The molecule has 0 aromatic heterocycles. The van der Waals surface area contributed by atoms with Gasteiger partial charge in [0, 0.05) is 37.4 Å². The van der Waals surface area contributed by atoms with Crippen molar-refractivity contribution in [1.29, 1.82) is 0 Å². The lowest BCUT2D eigenvalue weighted by Crippen LogP contribution is -2.50. The highest BCUT2D eigenvalue weighted by Gasteiger charge is 2.33. The van der Waals surface area contributed by atoms with Crippen molar-refractivity contribution in [2.45, 2.75) is 38.3 Å². The second kappa shape index (κ2) is 8.31. The molecule has 0 spiro atoms. The maximum Gasteiger partial charge on any atom is 0.321 e. The SMILES string of the molecule is CCC1NNCC1C(=O)NC1CCN(C(=O)Nc2ccccc2)CC1. The zero-order valence-electron chi connectivity index (χ0n) is 14.6. The van der Waals surface area contributed by atoms with Crippen LogP contribution in [-0.2, 0) is 4.79 Å². The predicted octanol–water partition coefficient (Wildman–Crippen LogP) is 1.30. The van der Waals surface area contributed by atoms with Crippen LogP contribution in [-0.4, -0.2) is 48.6 Å². The fraction of sp³-hybridized carbons (Fsp3) is 0.556. The van der Waals surface area contributed by atoms with E-state index in [9.17, 15) is 9.59 Å². The Morgan fingerprint density at radius 1 is 1.20 bits per heavy atom. The van der Waals surface area contributed by atoms with E-state index in [-0.39, 0.29) is 29.9 Å². The minimum absolute atomic E-state index is 0.0237. The van der Waals surface area contributed by atoms with Gasteiger partial charge >= 0.3 is 6.03 Å². The zero-order chi connectivity index (χ0) is 17.6. The smallest absolute Gasteiger partial charge is 0.321 e. The molecular formula is C18H27N5O2. The topological polar surface area (TPSA) is 85.5 Å². The van der Waals surface area contributed by atoms with Gasteiger partial charge in [-0.15, -0.1) is 0 Å². The average molecular weight is 345 g/mol. The van der Waals surface area contributed by atoms with Crippen molar-refractivity contribution >= 4 is 17.6 Å². The minimum Gasteiger partial charge on any atom is -0.353 e. The summed E-state index contributed by atoms with van der Waals surface area (Å²) in [7, 11) is 0. The molecule has 0 aliphatic carbocycles. The number of para-hydroxylation sites is 1. The fourth-order valence-corrected chi connectivity index (χ4v) is 3.46. The fourth-order valence-electron chi connectivity index (χ4n) is 3.46. The maximum absolute atomic E-state index is 12.5. The molecule has 2 aliphatic heterocycles. The number of anilines is 1. The first kappa shape index (κ1) is 17.7. The summed E-state index contributed by atoms with van der Waals surface area (Å²) in [5.74, 6) is 0.0842. The third-order valence-electron chi connectivity index (χ3n) is 5.03. The number of carbonyl (C=O) groups excluding carboxylic acids is 2. The molecule has 4 N–H and O–H groups in total. The van der Waals surface area contributed by atoms with Crippen LogP contribution in [0.4, 0.5) is 10.5 Å². The molecule has 136 valence electrons. The summed E-state index contributed by atoms with van der Waals surface area (Å²) in [6.45, 7) is 4.06. The number of carbonyl (C=O) groups is 2. The van der Waals surface area contributed by atoms with Crippen LogP contribution in [0.25, 0.3) is 0 Å². The highest BCUT2D eigenvalue weighted by molar-refractivity contribution is 5.89. The van der Waals surface area contributed by atoms with Crippen molar-refractivity contribution in [3.8, 4) is 0 Å². The Morgan fingerprint density at radius 2 is 1.92 bits per heavy atom. The Balaban J connectivity index is 1.44. The summed E-state index contributed by atoms with van der Waals surface area (Å²) in [5.41, 5.74) is 7.01. The molecule has 0 bridgehead atoms. The third-order valence-corrected chi connectivity index (χ3v) is 5.03. The molecule has 7 heteroatoms. The Hall–Kier alpha value is -2.12. The van der Waals surface area contributed by atoms with Crippen LogP contribution < -0.4 is 21.5 Å². The first-order chi connectivity index (χ1) is 12.2. The van der Waals surface area contributed by atoms with Crippen LogP contribution in [0.2, 0.25) is 0 Å². The van der Waals surface area contributed by atoms with Crippen LogP contribution in [0.1, 0.15) is 26.2 Å². The van der Waals surface area contributed by atoms with Gasteiger partial charge in [0.05, 0.1) is 5.92 Å². The number of urea groups is 1. The first-order valence-corrected chi connectivity index (χ1v) is 9.07. The molecule has 1 aromatic carbocycles. The lowest BCUT2D eigenvalue weighted by molar-refractivity contribution is -0.125. The molecule has 3 amide bonds. The standard InChI is InChI=1S/C18H27N5O2/c1-2-16-15(12-19-22-16)17(24)20-14-8-10-23(11-9-14)18(25)21-13-6-4-3-5-7-13/h3-7,14-16,19,22H,2,8-12H2,1H3,(H,20,24)(H,21,25). The monoisotopic (exact) mass is 345 g/mol. The van der Waals surface area contributed by atoms with Gasteiger partial charge in [-0.05, 0) is 31.4 Å². The van der Waals surface area contributed by atoms with E-state index in [0.29, 0.717) is 19.6 Å². The van der Waals surface area contributed by atoms with E-state index < -0.39 is 0 Å². The number of benzene rings is 1. The second-order valence-electron chi connectivity index (χ2n) is 6.71. The van der Waals surface area contributed by atoms with Crippen LogP contribution >= 0.6 is 0 Å². The van der Waals surface area contributed by atoms with E-state index in [4.69, 9.17) is 0 Å². The average Bonchev–Trinajstić information content (AvgIpc) is 3.12. The van der Waals surface area contributed by atoms with E-state index >= 15 is 0 Å². The molecule has 2 unspecified atom stereocenters. The molecule has 0 saturated carbocycles. The number of hydrazine groups is 1. The molecule has 2 fully saturated rings. The molecule has 3 rings (SSSR count). The van der Waals surface area contributed by atoms with Gasteiger partial charge in [-0.25, -0.2) is 4.79 Å². The number of hydrogen-bond donors (Lipinski definition) is 4. The first-order valence-electron chi connectivity index (χ1n) is 9.07. The number of piperidine rings is 1. The van der Waals surface area contributed by atoms with Crippen molar-refractivity contribution in [2.24, 2.45) is 5.92 Å². The highest BCUT2D eigenvalue weighted by atomic mass is 16.2. The van der Waals surface area contributed by atoms with E-state index in [2.05, 4.69) is 28.4 Å². The molecule has 0 radical (unpaired) electrons. The van der Waals surface area contributed by atoms with Crippen LogP contribution in [0.15, 0.2) is 30.3 Å². The van der Waals surface area contributed by atoms with Crippen molar-refractivity contribution in [1.82, 2.24) is 21.1 Å². The quantitative estimate of drug-likeness (QED) is 0.663. The van der Waals surface area contributed by atoms with Gasteiger partial charge in [-0.2, -0.15) is 0 Å². The number of nitrogens with one attached hydrogen (secondary N) is 4. The number of rotatable bonds is 4. The summed E-state index contributed by atoms with van der Waals surface area (Å²) in [5, 5.41) is 6.07. The van der Waals surface area contributed by atoms with E-state index in [1.165, 1.54) is 0 Å². The van der Waals surface area contributed by atoms with Gasteiger partial charge in [-0.1, -0.05) is 25.1 Å². The lowest BCUT2D eigenvalue weighted by Gasteiger charge is -2.33. The van der Waals surface area contributed by atoms with E-state index in [1.54, 1.807) is 0 Å². The lowest BCUT2D eigenvalue weighted by atomic mass is 9.97. The van der Waals surface area contributed by atoms with Gasteiger partial charge < -0.3 is 15.5 Å². The van der Waals surface area contributed by atoms with Gasteiger partial charge in [0.25, 0.3) is 0 Å². The molecule has 25 heavy (non-hydrogen) atoms. The Morgan fingerprint density at radius 3 is 2.60 bits per heavy atom. The maximum atomic E-state index is 12.5. The normalized spacial score (nSPS) is 24.1. The number of amides is 3. The van der Waals surface area contributed by atoms with Crippen LogP contribution in [0.5, 0.6) is 0 Å². The Kier molecular flexibility index (Phi) is 5.88. The summed E-state index contributed by atoms with van der Waals surface area (Å²) < 4.78 is 0. The number of hydrogen-bond acceptors (Lipinski definition) is 4. The molecule has 7 nitrogen and oxygen atoms in total. The Bertz CT molecular complexity index is 586. The van der Waals surface area contributed by atoms with Crippen molar-refractivity contribution in [2.75, 3.05) is 25.0 Å². The van der Waals surface area contributed by atoms with Gasteiger partial charge in [0.1, 0.15) is 0 Å². The molecular weight excluding hydrogens is 318 g/mol. The predicted molar refractivity (Wildman–Crippen MR) is 96.9 cm³/mol. The summed E-state index contributed by atoms with van der Waals surface area (Å²) in [4.78, 5) is 26.6. The summed E-state index contributed by atoms with van der Waals surface area (Å²) in [6, 6.07) is 9.72. The molecule has 2 saturated heterocycles. The van der Waals surface area contributed by atoms with Gasteiger partial charge in [0.2, 0.25) is 5.91 Å². The van der Waals surface area contributed by atoms with Crippen LogP contribution in [0.3, 0.4) is 0 Å². The van der Waals surface area contributed by atoms with Crippen molar-refractivity contribution < 1.29 is 9.59 Å². The van der Waals surface area contributed by atoms with E-state index in [1.807, 2.05) is 35.2 Å². The van der Waals surface area contributed by atoms with Crippen molar-refractivity contribution in [3.05, 3.63) is 30.3 Å². The molecule has 1 aromatic rings. The third kappa shape index (κ3) is 4.49. The number of nitrogens with zero attached hydrogens (tertiary/aromatic N) is 1. The number of likely N-dealkylation sites (tertiary alicyclic amines) is 1. The largest absolute Gasteiger partial charge is 0.353 e. The highest BCUT2D eigenvalue weighted by Crippen LogP contribution is 2.16. The zero-order valence-corrected chi connectivity index (χ0v) is 14.6. The van der Waals surface area contributed by atoms with Crippen molar-refractivity contribution in [3.63, 3.8) is 0 Å². The molecule has 2 heterocycles. The molecule has 2 aliphatic rings. The van der Waals surface area contributed by atoms with Crippen LogP contribution in [0, 0.1) is 5.92 Å².